The van der Waals surface area contributed by atoms with Crippen LogP contribution in [0, 0.1) is 6.92 Å². The van der Waals surface area contributed by atoms with Gasteiger partial charge in [0.2, 0.25) is 5.88 Å². The van der Waals surface area contributed by atoms with E-state index in [1.807, 2.05) is 45.0 Å². The molecular weight excluding hydrogens is 254 g/mol. The summed E-state index contributed by atoms with van der Waals surface area (Å²) in [6, 6.07) is 7.31. The Hall–Kier alpha value is -2.30. The highest BCUT2D eigenvalue weighted by molar-refractivity contribution is 5.46. The molecule has 0 saturated heterocycles. The molecule has 2 aromatic rings. The second-order valence-corrected chi connectivity index (χ2v) is 4.83. The lowest BCUT2D eigenvalue weighted by Crippen LogP contribution is -2.06. The molecule has 2 rings (SSSR count). The van der Waals surface area contributed by atoms with Gasteiger partial charge in [0.1, 0.15) is 23.1 Å². The number of benzene rings is 1. The van der Waals surface area contributed by atoms with Gasteiger partial charge in [0, 0.05) is 5.92 Å². The van der Waals surface area contributed by atoms with Crippen LogP contribution in [-0.4, -0.2) is 17.1 Å². The van der Waals surface area contributed by atoms with E-state index in [9.17, 15) is 0 Å². The number of rotatable bonds is 4. The fourth-order valence-electron chi connectivity index (χ4n) is 1.64. The number of hydrogen-bond donors (Lipinski definition) is 1. The Balaban J connectivity index is 2.31. The van der Waals surface area contributed by atoms with E-state index in [4.69, 9.17) is 15.2 Å². The zero-order chi connectivity index (χ0) is 14.7. The van der Waals surface area contributed by atoms with Crippen LogP contribution in [0.2, 0.25) is 0 Å². The average molecular weight is 273 g/mol. The molecule has 106 valence electrons. The van der Waals surface area contributed by atoms with E-state index >= 15 is 0 Å². The van der Waals surface area contributed by atoms with Crippen molar-refractivity contribution >= 4 is 5.82 Å². The zero-order valence-electron chi connectivity index (χ0n) is 12.2. The van der Waals surface area contributed by atoms with Crippen LogP contribution in [0.5, 0.6) is 17.4 Å². The molecule has 0 atom stereocenters. The summed E-state index contributed by atoms with van der Waals surface area (Å²) >= 11 is 0. The average Bonchev–Trinajstić information content (AvgIpc) is 2.44. The molecule has 0 fully saturated rings. The topological polar surface area (TPSA) is 70.3 Å². The van der Waals surface area contributed by atoms with E-state index in [1.165, 1.54) is 0 Å². The molecule has 0 aliphatic rings. The van der Waals surface area contributed by atoms with Crippen molar-refractivity contribution in [1.29, 1.82) is 0 Å². The number of methoxy groups -OCH3 is 1. The smallest absolute Gasteiger partial charge is 0.227 e. The van der Waals surface area contributed by atoms with Gasteiger partial charge in [0.25, 0.3) is 0 Å². The fourth-order valence-corrected chi connectivity index (χ4v) is 1.64. The summed E-state index contributed by atoms with van der Waals surface area (Å²) in [7, 11) is 1.63. The van der Waals surface area contributed by atoms with Crippen LogP contribution in [0.4, 0.5) is 5.82 Å². The van der Waals surface area contributed by atoms with Gasteiger partial charge in [-0.25, -0.2) is 4.98 Å². The molecule has 2 N–H and O–H groups in total. The summed E-state index contributed by atoms with van der Waals surface area (Å²) in [6.45, 7) is 5.88. The van der Waals surface area contributed by atoms with Crippen molar-refractivity contribution in [3.63, 3.8) is 0 Å². The quantitative estimate of drug-likeness (QED) is 0.925. The van der Waals surface area contributed by atoms with Crippen molar-refractivity contribution in [3.05, 3.63) is 35.7 Å². The SMILES string of the molecule is COc1ccc(Oc2nc(C(C)C)nc(N)c2C)cc1. The number of aromatic nitrogens is 2. The van der Waals surface area contributed by atoms with Gasteiger partial charge >= 0.3 is 0 Å². The van der Waals surface area contributed by atoms with Crippen LogP contribution in [-0.2, 0) is 0 Å². The van der Waals surface area contributed by atoms with Gasteiger partial charge in [0.05, 0.1) is 12.7 Å². The third-order valence-electron chi connectivity index (χ3n) is 2.95. The van der Waals surface area contributed by atoms with Gasteiger partial charge in [-0.05, 0) is 31.2 Å². The molecule has 20 heavy (non-hydrogen) atoms. The van der Waals surface area contributed by atoms with Crippen molar-refractivity contribution < 1.29 is 9.47 Å². The summed E-state index contributed by atoms with van der Waals surface area (Å²) < 4.78 is 10.9. The van der Waals surface area contributed by atoms with Gasteiger partial charge in [-0.3, -0.25) is 0 Å². The van der Waals surface area contributed by atoms with Gasteiger partial charge < -0.3 is 15.2 Å². The minimum Gasteiger partial charge on any atom is -0.497 e. The van der Waals surface area contributed by atoms with E-state index < -0.39 is 0 Å². The monoisotopic (exact) mass is 273 g/mol. The van der Waals surface area contributed by atoms with Crippen LogP contribution in [0.1, 0.15) is 31.2 Å². The van der Waals surface area contributed by atoms with Crippen LogP contribution in [0.15, 0.2) is 24.3 Å². The zero-order valence-corrected chi connectivity index (χ0v) is 12.2. The Morgan fingerprint density at radius 1 is 1.05 bits per heavy atom. The first kappa shape index (κ1) is 14.1. The predicted octanol–water partition coefficient (Wildman–Crippen LogP) is 3.29. The highest BCUT2D eigenvalue weighted by Gasteiger charge is 2.13. The van der Waals surface area contributed by atoms with Crippen molar-refractivity contribution in [2.24, 2.45) is 0 Å². The van der Waals surface area contributed by atoms with Crippen LogP contribution in [0.25, 0.3) is 0 Å². The molecule has 0 spiro atoms. The van der Waals surface area contributed by atoms with Gasteiger partial charge in [0.15, 0.2) is 0 Å². The maximum Gasteiger partial charge on any atom is 0.227 e. The van der Waals surface area contributed by atoms with Crippen molar-refractivity contribution in [2.75, 3.05) is 12.8 Å². The highest BCUT2D eigenvalue weighted by atomic mass is 16.5. The maximum atomic E-state index is 5.91. The molecule has 0 saturated carbocycles. The van der Waals surface area contributed by atoms with Gasteiger partial charge in [-0.2, -0.15) is 4.98 Å². The Morgan fingerprint density at radius 3 is 2.20 bits per heavy atom. The minimum absolute atomic E-state index is 0.191. The molecule has 1 aromatic heterocycles. The molecule has 0 aliphatic heterocycles. The lowest BCUT2D eigenvalue weighted by atomic mass is 10.2. The molecule has 1 aromatic carbocycles. The Kier molecular flexibility index (Phi) is 4.08. The Bertz CT molecular complexity index is 595. The van der Waals surface area contributed by atoms with Crippen LogP contribution >= 0.6 is 0 Å². The van der Waals surface area contributed by atoms with Crippen molar-refractivity contribution in [2.45, 2.75) is 26.7 Å². The molecule has 5 nitrogen and oxygen atoms in total. The number of hydrogen-bond acceptors (Lipinski definition) is 5. The summed E-state index contributed by atoms with van der Waals surface area (Å²) in [5.74, 6) is 3.27. The summed E-state index contributed by atoms with van der Waals surface area (Å²) in [5, 5.41) is 0. The number of nitrogens with zero attached hydrogens (tertiary/aromatic N) is 2. The van der Waals surface area contributed by atoms with E-state index in [2.05, 4.69) is 9.97 Å². The number of anilines is 1. The van der Waals surface area contributed by atoms with Crippen LogP contribution in [0.3, 0.4) is 0 Å². The molecule has 0 amide bonds. The number of nitrogens with two attached hydrogens (primary N) is 1. The van der Waals surface area contributed by atoms with Crippen molar-refractivity contribution in [3.8, 4) is 17.4 Å². The van der Waals surface area contributed by atoms with E-state index in [0.717, 1.165) is 11.3 Å². The van der Waals surface area contributed by atoms with E-state index in [0.29, 0.717) is 23.3 Å². The van der Waals surface area contributed by atoms with Crippen molar-refractivity contribution in [1.82, 2.24) is 9.97 Å². The second kappa shape index (κ2) is 5.77. The first-order valence-electron chi connectivity index (χ1n) is 6.47. The first-order valence-corrected chi connectivity index (χ1v) is 6.47. The molecule has 0 radical (unpaired) electrons. The molecule has 0 bridgehead atoms. The fraction of sp³-hybridized carbons (Fsp3) is 0.333. The third kappa shape index (κ3) is 2.99. The largest absolute Gasteiger partial charge is 0.497 e. The molecule has 0 aliphatic carbocycles. The predicted molar refractivity (Wildman–Crippen MR) is 78.3 cm³/mol. The maximum absolute atomic E-state index is 5.91. The second-order valence-electron chi connectivity index (χ2n) is 4.83. The third-order valence-corrected chi connectivity index (χ3v) is 2.95. The first-order chi connectivity index (χ1) is 9.51. The summed E-state index contributed by atoms with van der Waals surface area (Å²) in [5.41, 5.74) is 6.65. The Morgan fingerprint density at radius 2 is 1.65 bits per heavy atom. The lowest BCUT2D eigenvalue weighted by molar-refractivity contribution is 0.411. The standard InChI is InChI=1S/C15H19N3O2/c1-9(2)14-17-13(16)10(3)15(18-14)20-12-7-5-11(19-4)6-8-12/h5-9H,1-4H3,(H2,16,17,18). The van der Waals surface area contributed by atoms with Gasteiger partial charge in [-0.1, -0.05) is 13.8 Å². The highest BCUT2D eigenvalue weighted by Crippen LogP contribution is 2.28. The normalized spacial score (nSPS) is 10.7. The number of nitrogen functional groups attached to an aromatic ring is 1. The molecule has 1 heterocycles. The Labute approximate surface area is 118 Å². The van der Waals surface area contributed by atoms with E-state index in [1.54, 1.807) is 7.11 Å². The summed E-state index contributed by atoms with van der Waals surface area (Å²) in [6.07, 6.45) is 0. The molecule has 5 heteroatoms. The summed E-state index contributed by atoms with van der Waals surface area (Å²) in [4.78, 5) is 8.69. The van der Waals surface area contributed by atoms with Gasteiger partial charge in [-0.15, -0.1) is 0 Å². The molecular formula is C15H19N3O2. The minimum atomic E-state index is 0.191. The van der Waals surface area contributed by atoms with Crippen LogP contribution < -0.4 is 15.2 Å². The van der Waals surface area contributed by atoms with E-state index in [-0.39, 0.29) is 5.92 Å². The number of ether oxygens (including phenoxy) is 2. The molecule has 0 unspecified atom stereocenters. The lowest BCUT2D eigenvalue weighted by Gasteiger charge is -2.12.